The van der Waals surface area contributed by atoms with Crippen LogP contribution in [0, 0.1) is 0 Å². The molecule has 130 valence electrons. The van der Waals surface area contributed by atoms with E-state index >= 15 is 0 Å². The first-order valence-electron chi connectivity index (χ1n) is 8.25. The van der Waals surface area contributed by atoms with Gasteiger partial charge < -0.3 is 11.1 Å². The molecule has 0 bridgehead atoms. The SMILES string of the molecule is CCNC(=O)N1N=C(c2ccc(N)cc2)c2cc(SC)ccc2C1C. The first-order chi connectivity index (χ1) is 12.0. The van der Waals surface area contributed by atoms with Crippen LogP contribution in [0.15, 0.2) is 52.5 Å². The number of nitrogen functional groups attached to an aromatic ring is 1. The van der Waals surface area contributed by atoms with Gasteiger partial charge in [-0.25, -0.2) is 9.80 Å². The number of anilines is 1. The lowest BCUT2D eigenvalue weighted by molar-refractivity contribution is 0.181. The quantitative estimate of drug-likeness (QED) is 0.650. The third-order valence-electron chi connectivity index (χ3n) is 4.26. The summed E-state index contributed by atoms with van der Waals surface area (Å²) in [5.41, 5.74) is 10.4. The third-order valence-corrected chi connectivity index (χ3v) is 4.99. The van der Waals surface area contributed by atoms with Gasteiger partial charge >= 0.3 is 6.03 Å². The summed E-state index contributed by atoms with van der Waals surface area (Å²) in [5.74, 6) is 0. The van der Waals surface area contributed by atoms with Crippen molar-refractivity contribution in [2.24, 2.45) is 5.10 Å². The molecule has 0 fully saturated rings. The number of hydrogen-bond acceptors (Lipinski definition) is 4. The van der Waals surface area contributed by atoms with Gasteiger partial charge in [-0.1, -0.05) is 18.2 Å². The maximum absolute atomic E-state index is 12.5. The van der Waals surface area contributed by atoms with Crippen LogP contribution in [-0.4, -0.2) is 29.6 Å². The van der Waals surface area contributed by atoms with Crippen LogP contribution in [-0.2, 0) is 0 Å². The molecule has 1 heterocycles. The van der Waals surface area contributed by atoms with Crippen molar-refractivity contribution < 1.29 is 4.79 Å². The molecule has 0 saturated heterocycles. The van der Waals surface area contributed by atoms with Crippen molar-refractivity contribution in [1.29, 1.82) is 0 Å². The van der Waals surface area contributed by atoms with Crippen molar-refractivity contribution >= 4 is 29.2 Å². The smallest absolute Gasteiger partial charge is 0.338 e. The van der Waals surface area contributed by atoms with E-state index in [1.54, 1.807) is 11.8 Å². The van der Waals surface area contributed by atoms with Crippen molar-refractivity contribution in [3.8, 4) is 0 Å². The second-order valence-corrected chi connectivity index (χ2v) is 6.76. The molecule has 0 aliphatic carbocycles. The Labute approximate surface area is 152 Å². The molecule has 2 aromatic carbocycles. The molecule has 2 aromatic rings. The average molecular weight is 354 g/mol. The summed E-state index contributed by atoms with van der Waals surface area (Å²) in [4.78, 5) is 13.6. The van der Waals surface area contributed by atoms with E-state index in [1.165, 1.54) is 9.90 Å². The highest BCUT2D eigenvalue weighted by Crippen LogP contribution is 2.34. The number of nitrogens with one attached hydrogen (secondary N) is 1. The Morgan fingerprint density at radius 3 is 2.64 bits per heavy atom. The predicted octanol–water partition coefficient (Wildman–Crippen LogP) is 3.85. The highest BCUT2D eigenvalue weighted by atomic mass is 32.2. The molecule has 0 spiro atoms. The molecule has 0 saturated carbocycles. The van der Waals surface area contributed by atoms with Crippen LogP contribution in [0.2, 0.25) is 0 Å². The van der Waals surface area contributed by atoms with Crippen molar-refractivity contribution in [2.45, 2.75) is 24.8 Å². The Morgan fingerprint density at radius 1 is 1.28 bits per heavy atom. The second-order valence-electron chi connectivity index (χ2n) is 5.88. The molecule has 2 amide bonds. The Kier molecular flexibility index (Phi) is 4.99. The maximum atomic E-state index is 12.5. The van der Waals surface area contributed by atoms with Crippen molar-refractivity contribution in [3.63, 3.8) is 0 Å². The summed E-state index contributed by atoms with van der Waals surface area (Å²) in [6.45, 7) is 4.46. The van der Waals surface area contributed by atoms with Crippen LogP contribution in [0.25, 0.3) is 0 Å². The minimum Gasteiger partial charge on any atom is -0.399 e. The minimum absolute atomic E-state index is 0.130. The summed E-state index contributed by atoms with van der Waals surface area (Å²) in [5, 5.41) is 9.05. The number of nitrogens with zero attached hydrogens (tertiary/aromatic N) is 2. The van der Waals surface area contributed by atoms with Crippen molar-refractivity contribution in [1.82, 2.24) is 10.3 Å². The molecular formula is C19H22N4OS. The first-order valence-corrected chi connectivity index (χ1v) is 9.47. The zero-order valence-electron chi connectivity index (χ0n) is 14.6. The Bertz CT molecular complexity index is 817. The van der Waals surface area contributed by atoms with Gasteiger partial charge in [0.1, 0.15) is 0 Å². The summed E-state index contributed by atoms with van der Waals surface area (Å²) in [6.07, 6.45) is 2.05. The van der Waals surface area contributed by atoms with E-state index in [1.807, 2.05) is 38.1 Å². The van der Waals surface area contributed by atoms with E-state index < -0.39 is 0 Å². The molecule has 5 nitrogen and oxygen atoms in total. The molecule has 3 N–H and O–H groups in total. The van der Waals surface area contributed by atoms with E-state index in [2.05, 4.69) is 34.9 Å². The van der Waals surface area contributed by atoms with Crippen LogP contribution in [0.3, 0.4) is 0 Å². The van der Waals surface area contributed by atoms with E-state index in [4.69, 9.17) is 5.73 Å². The lowest BCUT2D eigenvalue weighted by Crippen LogP contribution is -2.41. The summed E-state index contributed by atoms with van der Waals surface area (Å²) >= 11 is 1.69. The van der Waals surface area contributed by atoms with Gasteiger partial charge in [-0.2, -0.15) is 5.10 Å². The summed E-state index contributed by atoms with van der Waals surface area (Å²) in [7, 11) is 0. The fraction of sp³-hybridized carbons (Fsp3) is 0.263. The number of urea groups is 1. The highest BCUT2D eigenvalue weighted by Gasteiger charge is 2.30. The molecule has 0 aromatic heterocycles. The van der Waals surface area contributed by atoms with E-state index in [0.717, 1.165) is 22.4 Å². The number of rotatable bonds is 3. The number of thioether (sulfide) groups is 1. The average Bonchev–Trinajstić information content (AvgIpc) is 2.63. The van der Waals surface area contributed by atoms with Crippen LogP contribution in [0.4, 0.5) is 10.5 Å². The maximum Gasteiger partial charge on any atom is 0.338 e. The lowest BCUT2D eigenvalue weighted by atomic mass is 9.92. The van der Waals surface area contributed by atoms with Crippen LogP contribution < -0.4 is 11.1 Å². The number of amides is 2. The van der Waals surface area contributed by atoms with Gasteiger partial charge in [-0.15, -0.1) is 11.8 Å². The Morgan fingerprint density at radius 2 is 2.00 bits per heavy atom. The molecule has 1 atom stereocenters. The van der Waals surface area contributed by atoms with Gasteiger partial charge in [0.2, 0.25) is 0 Å². The zero-order valence-corrected chi connectivity index (χ0v) is 15.4. The van der Waals surface area contributed by atoms with Crippen LogP contribution in [0.1, 0.15) is 36.6 Å². The monoisotopic (exact) mass is 354 g/mol. The van der Waals surface area contributed by atoms with Crippen LogP contribution >= 0.6 is 11.8 Å². The van der Waals surface area contributed by atoms with Gasteiger partial charge in [0.05, 0.1) is 11.8 Å². The number of hydrogen-bond donors (Lipinski definition) is 2. The molecule has 1 unspecified atom stereocenters. The zero-order chi connectivity index (χ0) is 18.0. The number of hydrazone groups is 1. The molecule has 25 heavy (non-hydrogen) atoms. The first kappa shape index (κ1) is 17.4. The number of carbonyl (C=O) groups is 1. The van der Waals surface area contributed by atoms with Gasteiger partial charge in [0.25, 0.3) is 0 Å². The van der Waals surface area contributed by atoms with Crippen molar-refractivity contribution in [3.05, 3.63) is 59.2 Å². The fourth-order valence-corrected chi connectivity index (χ4v) is 3.36. The number of carbonyl (C=O) groups excluding carboxylic acids is 1. The van der Waals surface area contributed by atoms with Crippen molar-refractivity contribution in [2.75, 3.05) is 18.5 Å². The van der Waals surface area contributed by atoms with Gasteiger partial charge in [0.15, 0.2) is 0 Å². The molecule has 6 heteroatoms. The molecule has 1 aliphatic rings. The van der Waals surface area contributed by atoms with Crippen LogP contribution in [0.5, 0.6) is 0 Å². The second kappa shape index (κ2) is 7.19. The Balaban J connectivity index is 2.15. The Hall–Kier alpha value is -2.47. The van der Waals surface area contributed by atoms with Gasteiger partial charge in [0, 0.05) is 28.3 Å². The summed E-state index contributed by atoms with van der Waals surface area (Å²) in [6, 6.07) is 13.6. The molecular weight excluding hydrogens is 332 g/mol. The molecule has 3 rings (SSSR count). The predicted molar refractivity (Wildman–Crippen MR) is 104 cm³/mol. The number of nitrogens with two attached hydrogens (primary N) is 1. The standard InChI is InChI=1S/C19H22N4OS/c1-4-21-19(24)23-12(2)16-10-9-15(25-3)11-17(16)18(22-23)13-5-7-14(20)8-6-13/h5-12H,4,20H2,1-3H3,(H,21,24). The topological polar surface area (TPSA) is 70.7 Å². The lowest BCUT2D eigenvalue weighted by Gasteiger charge is -2.32. The van der Waals surface area contributed by atoms with Gasteiger partial charge in [-0.3, -0.25) is 0 Å². The number of fused-ring (bicyclic) bond motifs is 1. The van der Waals surface area contributed by atoms with E-state index in [9.17, 15) is 4.79 Å². The normalized spacial score (nSPS) is 16.2. The largest absolute Gasteiger partial charge is 0.399 e. The van der Waals surface area contributed by atoms with Gasteiger partial charge in [-0.05, 0) is 49.9 Å². The highest BCUT2D eigenvalue weighted by molar-refractivity contribution is 7.98. The number of benzene rings is 2. The minimum atomic E-state index is -0.192. The van der Waals surface area contributed by atoms with E-state index in [0.29, 0.717) is 12.2 Å². The molecule has 1 aliphatic heterocycles. The fourth-order valence-electron chi connectivity index (χ4n) is 2.92. The summed E-state index contributed by atoms with van der Waals surface area (Å²) < 4.78 is 0. The van der Waals surface area contributed by atoms with E-state index in [-0.39, 0.29) is 12.1 Å². The third kappa shape index (κ3) is 3.35. The molecule has 0 radical (unpaired) electrons.